The van der Waals surface area contributed by atoms with Crippen molar-refractivity contribution in [3.05, 3.63) is 77.9 Å². The van der Waals surface area contributed by atoms with Crippen LogP contribution in [0.5, 0.6) is 0 Å². The lowest BCUT2D eigenvalue weighted by Crippen LogP contribution is -2.29. The van der Waals surface area contributed by atoms with Crippen molar-refractivity contribution < 1.29 is 14.1 Å². The summed E-state index contributed by atoms with van der Waals surface area (Å²) in [5.74, 6) is 0.396. The maximum Gasteiger partial charge on any atom is 0.253 e. The van der Waals surface area contributed by atoms with E-state index < -0.39 is 0 Å². The molecule has 7 heteroatoms. The first kappa shape index (κ1) is 17.9. The van der Waals surface area contributed by atoms with Crippen LogP contribution in [0.4, 0.5) is 5.69 Å². The molecule has 7 nitrogen and oxygen atoms in total. The lowest BCUT2D eigenvalue weighted by atomic mass is 9.88. The number of carbonyl (C=O) groups excluding carboxylic acids is 2. The standard InChI is InChI=1S/C21H20N4O3/c1-14(26)23-17-9-5-8-16(10-17)21(27)25-11-18(15-6-3-2-4-7-15)19(12-25)20-22-13-28-24-20/h2-10,13,18-19H,11-12H2,1H3,(H,23,26)/t18-,19+/m0/s1. The van der Waals surface area contributed by atoms with Crippen LogP contribution in [0, 0.1) is 0 Å². The van der Waals surface area contributed by atoms with Gasteiger partial charge in [0.15, 0.2) is 5.82 Å². The van der Waals surface area contributed by atoms with E-state index in [4.69, 9.17) is 4.52 Å². The molecule has 4 rings (SSSR count). The molecule has 1 saturated heterocycles. The van der Waals surface area contributed by atoms with E-state index in [0.29, 0.717) is 30.2 Å². The number of nitrogens with one attached hydrogen (secondary N) is 1. The summed E-state index contributed by atoms with van der Waals surface area (Å²) >= 11 is 0. The molecule has 0 saturated carbocycles. The summed E-state index contributed by atoms with van der Waals surface area (Å²) in [7, 11) is 0. The first-order chi connectivity index (χ1) is 13.6. The first-order valence-corrected chi connectivity index (χ1v) is 9.10. The van der Waals surface area contributed by atoms with Crippen molar-refractivity contribution in [3.63, 3.8) is 0 Å². The summed E-state index contributed by atoms with van der Waals surface area (Å²) in [5, 5.41) is 6.73. The number of aromatic nitrogens is 2. The summed E-state index contributed by atoms with van der Waals surface area (Å²) in [4.78, 5) is 30.5. The molecule has 0 bridgehead atoms. The van der Waals surface area contributed by atoms with E-state index in [0.717, 1.165) is 5.56 Å². The maximum atomic E-state index is 13.1. The van der Waals surface area contributed by atoms with E-state index in [-0.39, 0.29) is 23.7 Å². The Labute approximate surface area is 162 Å². The van der Waals surface area contributed by atoms with Gasteiger partial charge in [-0.25, -0.2) is 0 Å². The average molecular weight is 376 g/mol. The fourth-order valence-electron chi connectivity index (χ4n) is 3.73. The van der Waals surface area contributed by atoms with Gasteiger partial charge >= 0.3 is 0 Å². The van der Waals surface area contributed by atoms with E-state index in [2.05, 4.69) is 27.6 Å². The molecule has 1 N–H and O–H groups in total. The molecule has 0 radical (unpaired) electrons. The summed E-state index contributed by atoms with van der Waals surface area (Å²) in [6.45, 7) is 2.50. The largest absolute Gasteiger partial charge is 0.343 e. The minimum absolute atomic E-state index is 0.0383. The van der Waals surface area contributed by atoms with Gasteiger partial charge in [0.25, 0.3) is 5.91 Å². The van der Waals surface area contributed by atoms with Gasteiger partial charge in [0.1, 0.15) is 0 Å². The first-order valence-electron chi connectivity index (χ1n) is 9.10. The third-order valence-corrected chi connectivity index (χ3v) is 4.97. The second-order valence-corrected chi connectivity index (χ2v) is 6.89. The second-order valence-electron chi connectivity index (χ2n) is 6.89. The predicted molar refractivity (Wildman–Crippen MR) is 103 cm³/mol. The molecular weight excluding hydrogens is 356 g/mol. The zero-order chi connectivity index (χ0) is 19.5. The highest BCUT2D eigenvalue weighted by atomic mass is 16.5. The third-order valence-electron chi connectivity index (χ3n) is 4.97. The summed E-state index contributed by atoms with van der Waals surface area (Å²) in [5.41, 5.74) is 2.28. The highest BCUT2D eigenvalue weighted by molar-refractivity contribution is 5.97. The molecule has 2 aromatic carbocycles. The van der Waals surface area contributed by atoms with Crippen molar-refractivity contribution in [3.8, 4) is 0 Å². The van der Waals surface area contributed by atoms with Gasteiger partial charge in [-0.2, -0.15) is 4.98 Å². The zero-order valence-electron chi connectivity index (χ0n) is 15.4. The molecule has 2 atom stereocenters. The number of likely N-dealkylation sites (tertiary alicyclic amines) is 1. The zero-order valence-corrected chi connectivity index (χ0v) is 15.4. The molecule has 1 fully saturated rings. The van der Waals surface area contributed by atoms with Gasteiger partial charge in [0.2, 0.25) is 12.3 Å². The van der Waals surface area contributed by atoms with E-state index in [1.807, 2.05) is 23.1 Å². The topological polar surface area (TPSA) is 88.3 Å². The second kappa shape index (κ2) is 7.64. The van der Waals surface area contributed by atoms with Gasteiger partial charge in [-0.3, -0.25) is 9.59 Å². The van der Waals surface area contributed by atoms with Crippen molar-refractivity contribution >= 4 is 17.5 Å². The highest BCUT2D eigenvalue weighted by Crippen LogP contribution is 2.38. The number of anilines is 1. The van der Waals surface area contributed by atoms with Gasteiger partial charge in [-0.05, 0) is 23.8 Å². The lowest BCUT2D eigenvalue weighted by molar-refractivity contribution is -0.114. The highest BCUT2D eigenvalue weighted by Gasteiger charge is 2.39. The van der Waals surface area contributed by atoms with Crippen molar-refractivity contribution in [2.45, 2.75) is 18.8 Å². The van der Waals surface area contributed by atoms with Crippen LogP contribution in [0.1, 0.15) is 40.5 Å². The van der Waals surface area contributed by atoms with Crippen molar-refractivity contribution in [2.75, 3.05) is 18.4 Å². The van der Waals surface area contributed by atoms with Crippen molar-refractivity contribution in [2.24, 2.45) is 0 Å². The van der Waals surface area contributed by atoms with Crippen LogP contribution in [0.25, 0.3) is 0 Å². The van der Waals surface area contributed by atoms with E-state index in [9.17, 15) is 9.59 Å². The van der Waals surface area contributed by atoms with Gasteiger partial charge in [0.05, 0.1) is 0 Å². The van der Waals surface area contributed by atoms with Gasteiger partial charge in [-0.1, -0.05) is 41.6 Å². The molecule has 0 aliphatic carbocycles. The van der Waals surface area contributed by atoms with Crippen LogP contribution >= 0.6 is 0 Å². The molecule has 0 unspecified atom stereocenters. The molecule has 1 aliphatic heterocycles. The van der Waals surface area contributed by atoms with Gasteiger partial charge < -0.3 is 14.7 Å². The number of nitrogens with zero attached hydrogens (tertiary/aromatic N) is 3. The normalized spacial score (nSPS) is 18.8. The molecule has 142 valence electrons. The van der Waals surface area contributed by atoms with E-state index >= 15 is 0 Å². The van der Waals surface area contributed by atoms with Gasteiger partial charge in [-0.15, -0.1) is 0 Å². The molecule has 1 aromatic heterocycles. The summed E-state index contributed by atoms with van der Waals surface area (Å²) < 4.78 is 4.94. The van der Waals surface area contributed by atoms with Crippen molar-refractivity contribution in [1.29, 1.82) is 0 Å². The van der Waals surface area contributed by atoms with Gasteiger partial charge in [0, 0.05) is 43.1 Å². The number of hydrogen-bond donors (Lipinski definition) is 1. The number of carbonyl (C=O) groups is 2. The molecule has 28 heavy (non-hydrogen) atoms. The Balaban J connectivity index is 1.60. The fourth-order valence-corrected chi connectivity index (χ4v) is 3.73. The lowest BCUT2D eigenvalue weighted by Gasteiger charge is -2.17. The number of amides is 2. The Morgan fingerprint density at radius 2 is 1.86 bits per heavy atom. The van der Waals surface area contributed by atoms with E-state index in [1.165, 1.54) is 13.3 Å². The molecule has 1 aliphatic rings. The number of hydrogen-bond acceptors (Lipinski definition) is 5. The summed E-state index contributed by atoms with van der Waals surface area (Å²) in [6.07, 6.45) is 1.32. The molecular formula is C21H20N4O3. The monoisotopic (exact) mass is 376 g/mol. The molecule has 0 spiro atoms. The maximum absolute atomic E-state index is 13.1. The number of benzene rings is 2. The van der Waals surface area contributed by atoms with Crippen LogP contribution < -0.4 is 5.32 Å². The SMILES string of the molecule is CC(=O)Nc1cccc(C(=O)N2C[C@@H](c3ccccc3)[C@H](c3ncon3)C2)c1. The Kier molecular flexibility index (Phi) is 4.89. The van der Waals surface area contributed by atoms with Crippen LogP contribution in [-0.4, -0.2) is 39.9 Å². The minimum atomic E-state index is -0.174. The van der Waals surface area contributed by atoms with Crippen LogP contribution in [0.2, 0.25) is 0 Å². The average Bonchev–Trinajstić information content (AvgIpc) is 3.37. The Morgan fingerprint density at radius 3 is 2.57 bits per heavy atom. The molecule has 3 aromatic rings. The smallest absolute Gasteiger partial charge is 0.253 e. The molecule has 2 amide bonds. The number of rotatable bonds is 4. The fraction of sp³-hybridized carbons (Fsp3) is 0.238. The van der Waals surface area contributed by atoms with Crippen LogP contribution in [-0.2, 0) is 4.79 Å². The molecule has 2 heterocycles. The van der Waals surface area contributed by atoms with Crippen LogP contribution in [0.15, 0.2) is 65.5 Å². The summed E-state index contributed by atoms with van der Waals surface area (Å²) in [6, 6.07) is 17.0. The third kappa shape index (κ3) is 3.64. The quantitative estimate of drug-likeness (QED) is 0.756. The van der Waals surface area contributed by atoms with Crippen molar-refractivity contribution in [1.82, 2.24) is 15.0 Å². The Bertz CT molecular complexity index is 972. The minimum Gasteiger partial charge on any atom is -0.343 e. The predicted octanol–water partition coefficient (Wildman–Crippen LogP) is 3.05. The Hall–Kier alpha value is -3.48. The van der Waals surface area contributed by atoms with Crippen LogP contribution in [0.3, 0.4) is 0 Å². The van der Waals surface area contributed by atoms with E-state index in [1.54, 1.807) is 24.3 Å². The Morgan fingerprint density at radius 1 is 1.07 bits per heavy atom.